The van der Waals surface area contributed by atoms with Crippen molar-refractivity contribution in [1.29, 1.82) is 0 Å². The third kappa shape index (κ3) is 4.63. The van der Waals surface area contributed by atoms with E-state index in [1.54, 1.807) is 36.2 Å². The molecule has 2 amide bonds. The van der Waals surface area contributed by atoms with Crippen molar-refractivity contribution in [3.8, 4) is 11.5 Å². The number of hydrogen-bond acceptors (Lipinski definition) is 4. The molecule has 0 bridgehead atoms. The number of ether oxygens (including phenoxy) is 2. The van der Waals surface area contributed by atoms with Gasteiger partial charge in [0.1, 0.15) is 13.2 Å². The lowest BCUT2D eigenvalue weighted by Gasteiger charge is -2.22. The smallest absolute Gasteiger partial charge is 0.253 e. The number of carbonyl (C=O) groups is 2. The molecular weight excluding hydrogens is 356 g/mol. The van der Waals surface area contributed by atoms with Crippen molar-refractivity contribution >= 4 is 17.5 Å². The van der Waals surface area contributed by atoms with Crippen molar-refractivity contribution in [3.05, 3.63) is 53.6 Å². The number of hydrogen-bond donors (Lipinski definition) is 1. The molecule has 1 heterocycles. The van der Waals surface area contributed by atoms with Crippen LogP contribution in [0.1, 0.15) is 36.7 Å². The van der Waals surface area contributed by atoms with Gasteiger partial charge in [-0.1, -0.05) is 32.9 Å². The predicted molar refractivity (Wildman–Crippen MR) is 108 cm³/mol. The van der Waals surface area contributed by atoms with Gasteiger partial charge in [-0.3, -0.25) is 9.59 Å². The monoisotopic (exact) mass is 382 g/mol. The SMILES string of the molecule is CN(Cc1ccc2c(c1)OCCO2)C(=O)c1cccc(NC(=O)C(C)(C)C)c1. The zero-order valence-corrected chi connectivity index (χ0v) is 16.7. The summed E-state index contributed by atoms with van der Waals surface area (Å²) in [7, 11) is 1.75. The Morgan fingerprint density at radius 1 is 1.04 bits per heavy atom. The normalized spacial score (nSPS) is 13.0. The van der Waals surface area contributed by atoms with Crippen LogP contribution in [-0.2, 0) is 11.3 Å². The van der Waals surface area contributed by atoms with Crippen LogP contribution in [0.25, 0.3) is 0 Å². The van der Waals surface area contributed by atoms with Crippen LogP contribution in [0.2, 0.25) is 0 Å². The number of rotatable bonds is 4. The standard InChI is InChI=1S/C22H26N2O4/c1-22(2,3)21(26)23-17-7-5-6-16(13-17)20(25)24(4)14-15-8-9-18-19(12-15)28-11-10-27-18/h5-9,12-13H,10-11,14H2,1-4H3,(H,23,26). The minimum Gasteiger partial charge on any atom is -0.486 e. The van der Waals surface area contributed by atoms with Gasteiger partial charge in [-0.25, -0.2) is 0 Å². The lowest BCUT2D eigenvalue weighted by atomic mass is 9.95. The minimum atomic E-state index is -0.505. The molecule has 0 fully saturated rings. The highest BCUT2D eigenvalue weighted by molar-refractivity contribution is 5.98. The molecule has 2 aromatic carbocycles. The van der Waals surface area contributed by atoms with Gasteiger partial charge in [0.15, 0.2) is 11.5 Å². The number of anilines is 1. The third-order valence-corrected chi connectivity index (χ3v) is 4.42. The summed E-state index contributed by atoms with van der Waals surface area (Å²) < 4.78 is 11.1. The molecule has 0 aliphatic carbocycles. The fraction of sp³-hybridized carbons (Fsp3) is 0.364. The quantitative estimate of drug-likeness (QED) is 0.875. The van der Waals surface area contributed by atoms with Gasteiger partial charge in [-0.05, 0) is 35.9 Å². The summed E-state index contributed by atoms with van der Waals surface area (Å²) in [5, 5.41) is 2.86. The molecule has 0 aromatic heterocycles. The van der Waals surface area contributed by atoms with E-state index in [-0.39, 0.29) is 11.8 Å². The van der Waals surface area contributed by atoms with Crippen LogP contribution < -0.4 is 14.8 Å². The molecule has 0 saturated carbocycles. The molecule has 1 N–H and O–H groups in total. The highest BCUT2D eigenvalue weighted by atomic mass is 16.6. The van der Waals surface area contributed by atoms with Crippen LogP contribution in [-0.4, -0.2) is 37.0 Å². The number of amides is 2. The van der Waals surface area contributed by atoms with Gasteiger partial charge >= 0.3 is 0 Å². The highest BCUT2D eigenvalue weighted by Crippen LogP contribution is 2.31. The topological polar surface area (TPSA) is 67.9 Å². The molecule has 2 aromatic rings. The highest BCUT2D eigenvalue weighted by Gasteiger charge is 2.22. The largest absolute Gasteiger partial charge is 0.486 e. The average Bonchev–Trinajstić information content (AvgIpc) is 2.66. The minimum absolute atomic E-state index is 0.0956. The van der Waals surface area contributed by atoms with Gasteiger partial charge in [0.05, 0.1) is 0 Å². The zero-order chi connectivity index (χ0) is 20.3. The first-order valence-electron chi connectivity index (χ1n) is 9.29. The van der Waals surface area contributed by atoms with E-state index in [9.17, 15) is 9.59 Å². The van der Waals surface area contributed by atoms with Crippen LogP contribution in [0, 0.1) is 5.41 Å². The summed E-state index contributed by atoms with van der Waals surface area (Å²) in [4.78, 5) is 26.6. The molecule has 28 heavy (non-hydrogen) atoms. The van der Waals surface area contributed by atoms with Crippen LogP contribution >= 0.6 is 0 Å². The van der Waals surface area contributed by atoms with Gasteiger partial charge < -0.3 is 19.7 Å². The Bertz CT molecular complexity index is 886. The number of fused-ring (bicyclic) bond motifs is 1. The van der Waals surface area contributed by atoms with E-state index in [1.165, 1.54) is 0 Å². The first-order valence-corrected chi connectivity index (χ1v) is 9.29. The molecule has 1 aliphatic heterocycles. The lowest BCUT2D eigenvalue weighted by molar-refractivity contribution is -0.123. The Morgan fingerprint density at radius 3 is 2.46 bits per heavy atom. The average molecular weight is 382 g/mol. The zero-order valence-electron chi connectivity index (χ0n) is 16.7. The molecule has 3 rings (SSSR count). The summed E-state index contributed by atoms with van der Waals surface area (Å²) in [5.41, 5.74) is 1.58. The van der Waals surface area contributed by atoms with Crippen molar-refractivity contribution in [2.24, 2.45) is 5.41 Å². The fourth-order valence-electron chi connectivity index (χ4n) is 2.80. The van der Waals surface area contributed by atoms with Crippen molar-refractivity contribution in [2.75, 3.05) is 25.6 Å². The number of nitrogens with zero attached hydrogens (tertiary/aromatic N) is 1. The van der Waals surface area contributed by atoms with E-state index in [0.29, 0.717) is 36.8 Å². The molecular formula is C22H26N2O4. The second-order valence-corrected chi connectivity index (χ2v) is 7.92. The number of carbonyl (C=O) groups excluding carboxylic acids is 2. The molecule has 1 aliphatic rings. The van der Waals surface area contributed by atoms with Crippen LogP contribution in [0.15, 0.2) is 42.5 Å². The Labute approximate surface area is 165 Å². The Kier molecular flexibility index (Phi) is 5.58. The van der Waals surface area contributed by atoms with Gasteiger partial charge in [-0.15, -0.1) is 0 Å². The molecule has 148 valence electrons. The Hall–Kier alpha value is -3.02. The molecule has 0 spiro atoms. The van der Waals surface area contributed by atoms with E-state index in [0.717, 1.165) is 11.3 Å². The van der Waals surface area contributed by atoms with Crippen LogP contribution in [0.3, 0.4) is 0 Å². The van der Waals surface area contributed by atoms with Gasteiger partial charge in [0.2, 0.25) is 5.91 Å². The lowest BCUT2D eigenvalue weighted by Crippen LogP contribution is -2.28. The predicted octanol–water partition coefficient (Wildman–Crippen LogP) is 3.71. The van der Waals surface area contributed by atoms with Crippen molar-refractivity contribution < 1.29 is 19.1 Å². The van der Waals surface area contributed by atoms with E-state index >= 15 is 0 Å². The second-order valence-electron chi connectivity index (χ2n) is 7.92. The van der Waals surface area contributed by atoms with Crippen molar-refractivity contribution in [3.63, 3.8) is 0 Å². The maximum atomic E-state index is 12.8. The van der Waals surface area contributed by atoms with E-state index in [1.807, 2.05) is 39.0 Å². The number of benzene rings is 2. The summed E-state index contributed by atoms with van der Waals surface area (Å²) in [6.07, 6.45) is 0. The third-order valence-electron chi connectivity index (χ3n) is 4.42. The molecule has 0 atom stereocenters. The Balaban J connectivity index is 1.69. The van der Waals surface area contributed by atoms with Gasteiger partial charge in [-0.2, -0.15) is 0 Å². The van der Waals surface area contributed by atoms with E-state index in [2.05, 4.69) is 5.32 Å². The Morgan fingerprint density at radius 2 is 1.75 bits per heavy atom. The second kappa shape index (κ2) is 7.92. The molecule has 0 saturated heterocycles. The van der Waals surface area contributed by atoms with Gasteiger partial charge in [0, 0.05) is 30.3 Å². The summed E-state index contributed by atoms with van der Waals surface area (Å²) >= 11 is 0. The summed E-state index contributed by atoms with van der Waals surface area (Å²) in [5.74, 6) is 1.21. The summed E-state index contributed by atoms with van der Waals surface area (Å²) in [6.45, 7) is 7.05. The van der Waals surface area contributed by atoms with Crippen LogP contribution in [0.4, 0.5) is 5.69 Å². The van der Waals surface area contributed by atoms with Crippen LogP contribution in [0.5, 0.6) is 11.5 Å². The maximum absolute atomic E-state index is 12.8. The molecule has 0 radical (unpaired) electrons. The summed E-state index contributed by atoms with van der Waals surface area (Å²) in [6, 6.07) is 12.7. The maximum Gasteiger partial charge on any atom is 0.253 e. The van der Waals surface area contributed by atoms with Gasteiger partial charge in [0.25, 0.3) is 5.91 Å². The first kappa shape index (κ1) is 19.7. The molecule has 6 heteroatoms. The molecule has 6 nitrogen and oxygen atoms in total. The first-order chi connectivity index (χ1) is 13.2. The number of nitrogens with one attached hydrogen (secondary N) is 1. The van der Waals surface area contributed by atoms with E-state index in [4.69, 9.17) is 9.47 Å². The molecule has 0 unspecified atom stereocenters. The van der Waals surface area contributed by atoms with Crippen molar-refractivity contribution in [2.45, 2.75) is 27.3 Å². The van der Waals surface area contributed by atoms with E-state index < -0.39 is 5.41 Å². The fourth-order valence-corrected chi connectivity index (χ4v) is 2.80. The van der Waals surface area contributed by atoms with Crippen molar-refractivity contribution in [1.82, 2.24) is 4.90 Å².